The van der Waals surface area contributed by atoms with E-state index in [9.17, 15) is 9.59 Å². The number of anilines is 2. The molecule has 0 spiro atoms. The Labute approximate surface area is 164 Å². The predicted molar refractivity (Wildman–Crippen MR) is 112 cm³/mol. The summed E-state index contributed by atoms with van der Waals surface area (Å²) >= 11 is 0. The van der Waals surface area contributed by atoms with Gasteiger partial charge in [0, 0.05) is 11.4 Å². The molecule has 28 heavy (non-hydrogen) atoms. The Morgan fingerprint density at radius 1 is 0.786 bits per heavy atom. The Morgan fingerprint density at radius 2 is 1.39 bits per heavy atom. The summed E-state index contributed by atoms with van der Waals surface area (Å²) in [5, 5.41) is 8.28. The molecule has 0 radical (unpaired) electrons. The Hall–Kier alpha value is -3.60. The SMILES string of the molecule is C[C@@H](NC(=O)Nc1ccccc1)C(=O)Nc1ccccc1Cc1ccccc1. The molecule has 1 atom stereocenters. The molecule has 3 aromatic carbocycles. The van der Waals surface area contributed by atoms with Crippen molar-refractivity contribution in [1.29, 1.82) is 0 Å². The fourth-order valence-electron chi connectivity index (χ4n) is 2.80. The first-order valence-corrected chi connectivity index (χ1v) is 9.17. The lowest BCUT2D eigenvalue weighted by Crippen LogP contribution is -2.43. The third-order valence-corrected chi connectivity index (χ3v) is 4.29. The van der Waals surface area contributed by atoms with Crippen LogP contribution in [0.1, 0.15) is 18.1 Å². The monoisotopic (exact) mass is 373 g/mol. The second-order valence-electron chi connectivity index (χ2n) is 6.49. The van der Waals surface area contributed by atoms with Crippen molar-refractivity contribution in [3.8, 4) is 0 Å². The molecule has 0 aromatic heterocycles. The molecule has 3 N–H and O–H groups in total. The van der Waals surface area contributed by atoms with Crippen molar-refractivity contribution >= 4 is 23.3 Å². The van der Waals surface area contributed by atoms with Gasteiger partial charge < -0.3 is 16.0 Å². The number of rotatable bonds is 6. The standard InChI is InChI=1S/C23H23N3O2/c1-17(24-23(28)25-20-13-6-3-7-14-20)22(27)26-21-15-9-8-12-19(21)16-18-10-4-2-5-11-18/h2-15,17H,16H2,1H3,(H,26,27)(H2,24,25,28)/t17-/m1/s1. The zero-order valence-corrected chi connectivity index (χ0v) is 15.7. The summed E-state index contributed by atoms with van der Waals surface area (Å²) in [5.74, 6) is -0.274. The van der Waals surface area contributed by atoms with Gasteiger partial charge >= 0.3 is 6.03 Å². The van der Waals surface area contributed by atoms with Gasteiger partial charge in [0.15, 0.2) is 0 Å². The minimum absolute atomic E-state index is 0.274. The molecule has 0 heterocycles. The summed E-state index contributed by atoms with van der Waals surface area (Å²) in [7, 11) is 0. The van der Waals surface area contributed by atoms with Crippen LogP contribution in [-0.4, -0.2) is 18.0 Å². The zero-order valence-electron chi connectivity index (χ0n) is 15.7. The molecule has 0 aliphatic heterocycles. The van der Waals surface area contributed by atoms with Crippen molar-refractivity contribution in [1.82, 2.24) is 5.32 Å². The highest BCUT2D eigenvalue weighted by atomic mass is 16.2. The van der Waals surface area contributed by atoms with E-state index in [4.69, 9.17) is 0 Å². The quantitative estimate of drug-likeness (QED) is 0.598. The maximum Gasteiger partial charge on any atom is 0.319 e. The van der Waals surface area contributed by atoms with Crippen LogP contribution in [0, 0.1) is 0 Å². The Kier molecular flexibility index (Phi) is 6.41. The molecule has 5 nitrogen and oxygen atoms in total. The van der Waals surface area contributed by atoms with Crippen LogP contribution in [0.5, 0.6) is 0 Å². The smallest absolute Gasteiger partial charge is 0.319 e. The van der Waals surface area contributed by atoms with E-state index in [0.717, 1.165) is 16.8 Å². The molecule has 0 saturated carbocycles. The van der Waals surface area contributed by atoms with Crippen LogP contribution in [0.3, 0.4) is 0 Å². The molecule has 3 rings (SSSR count). The third kappa shape index (κ3) is 5.45. The Bertz CT molecular complexity index is 927. The van der Waals surface area contributed by atoms with Crippen molar-refractivity contribution in [3.63, 3.8) is 0 Å². The number of benzene rings is 3. The van der Waals surface area contributed by atoms with Crippen molar-refractivity contribution < 1.29 is 9.59 Å². The zero-order chi connectivity index (χ0) is 19.8. The fourth-order valence-corrected chi connectivity index (χ4v) is 2.80. The summed E-state index contributed by atoms with van der Waals surface area (Å²) in [4.78, 5) is 24.6. The summed E-state index contributed by atoms with van der Waals surface area (Å²) in [6, 6.07) is 25.7. The number of amides is 3. The molecule has 0 fully saturated rings. The van der Waals surface area contributed by atoms with Crippen LogP contribution < -0.4 is 16.0 Å². The number of para-hydroxylation sites is 2. The molecule has 0 unspecified atom stereocenters. The lowest BCUT2D eigenvalue weighted by Gasteiger charge is -2.17. The minimum Gasteiger partial charge on any atom is -0.326 e. The number of carbonyl (C=O) groups excluding carboxylic acids is 2. The molecular formula is C23H23N3O2. The third-order valence-electron chi connectivity index (χ3n) is 4.29. The largest absolute Gasteiger partial charge is 0.326 e. The maximum absolute atomic E-state index is 12.6. The van der Waals surface area contributed by atoms with Crippen molar-refractivity contribution in [2.24, 2.45) is 0 Å². The van der Waals surface area contributed by atoms with E-state index in [2.05, 4.69) is 28.1 Å². The number of carbonyl (C=O) groups is 2. The summed E-state index contributed by atoms with van der Waals surface area (Å²) < 4.78 is 0. The van der Waals surface area contributed by atoms with Crippen molar-refractivity contribution in [2.45, 2.75) is 19.4 Å². The molecule has 0 saturated heterocycles. The highest BCUT2D eigenvalue weighted by molar-refractivity contribution is 5.99. The summed E-state index contributed by atoms with van der Waals surface area (Å²) in [6.07, 6.45) is 0.716. The number of hydrogen-bond donors (Lipinski definition) is 3. The average Bonchev–Trinajstić information content (AvgIpc) is 2.71. The van der Waals surface area contributed by atoms with E-state index in [1.807, 2.05) is 60.7 Å². The Morgan fingerprint density at radius 3 is 2.11 bits per heavy atom. The lowest BCUT2D eigenvalue weighted by molar-refractivity contribution is -0.117. The topological polar surface area (TPSA) is 70.2 Å². The molecule has 5 heteroatoms. The van der Waals surface area contributed by atoms with E-state index < -0.39 is 12.1 Å². The van der Waals surface area contributed by atoms with E-state index in [0.29, 0.717) is 12.1 Å². The van der Waals surface area contributed by atoms with Gasteiger partial charge in [0.2, 0.25) is 5.91 Å². The number of nitrogens with one attached hydrogen (secondary N) is 3. The van der Waals surface area contributed by atoms with Crippen LogP contribution in [0.25, 0.3) is 0 Å². The van der Waals surface area contributed by atoms with Crippen LogP contribution in [0.15, 0.2) is 84.9 Å². The van der Waals surface area contributed by atoms with Crippen molar-refractivity contribution in [3.05, 3.63) is 96.1 Å². The first kappa shape index (κ1) is 19.2. The van der Waals surface area contributed by atoms with Gasteiger partial charge in [-0.2, -0.15) is 0 Å². The van der Waals surface area contributed by atoms with Gasteiger partial charge in [-0.25, -0.2) is 4.79 Å². The first-order chi connectivity index (χ1) is 13.6. The van der Waals surface area contributed by atoms with Gasteiger partial charge in [-0.05, 0) is 42.7 Å². The number of hydrogen-bond acceptors (Lipinski definition) is 2. The minimum atomic E-state index is -0.687. The van der Waals surface area contributed by atoms with Crippen LogP contribution in [0.4, 0.5) is 16.2 Å². The normalized spacial score (nSPS) is 11.3. The van der Waals surface area contributed by atoms with Crippen LogP contribution in [-0.2, 0) is 11.2 Å². The van der Waals surface area contributed by atoms with E-state index in [1.54, 1.807) is 19.1 Å². The second kappa shape index (κ2) is 9.37. The number of urea groups is 1. The van der Waals surface area contributed by atoms with Crippen LogP contribution >= 0.6 is 0 Å². The van der Waals surface area contributed by atoms with Gasteiger partial charge in [-0.15, -0.1) is 0 Å². The van der Waals surface area contributed by atoms with E-state index >= 15 is 0 Å². The van der Waals surface area contributed by atoms with E-state index in [1.165, 1.54) is 0 Å². The molecular weight excluding hydrogens is 350 g/mol. The average molecular weight is 373 g/mol. The molecule has 3 aromatic rings. The predicted octanol–water partition coefficient (Wildman–Crippen LogP) is 4.43. The molecule has 142 valence electrons. The van der Waals surface area contributed by atoms with Gasteiger partial charge in [0.25, 0.3) is 0 Å². The van der Waals surface area contributed by atoms with Crippen LogP contribution in [0.2, 0.25) is 0 Å². The molecule has 0 aliphatic rings. The van der Waals surface area contributed by atoms with Gasteiger partial charge in [-0.1, -0.05) is 66.7 Å². The van der Waals surface area contributed by atoms with E-state index in [-0.39, 0.29) is 5.91 Å². The highest BCUT2D eigenvalue weighted by Gasteiger charge is 2.17. The highest BCUT2D eigenvalue weighted by Crippen LogP contribution is 2.19. The first-order valence-electron chi connectivity index (χ1n) is 9.17. The lowest BCUT2D eigenvalue weighted by atomic mass is 10.0. The van der Waals surface area contributed by atoms with Crippen molar-refractivity contribution in [2.75, 3.05) is 10.6 Å². The van der Waals surface area contributed by atoms with Gasteiger partial charge in [-0.3, -0.25) is 4.79 Å². The maximum atomic E-state index is 12.6. The molecule has 3 amide bonds. The van der Waals surface area contributed by atoms with Gasteiger partial charge in [0.05, 0.1) is 0 Å². The van der Waals surface area contributed by atoms with Gasteiger partial charge in [0.1, 0.15) is 6.04 Å². The molecule has 0 bridgehead atoms. The molecule has 0 aliphatic carbocycles. The summed E-state index contributed by atoms with van der Waals surface area (Å²) in [5.41, 5.74) is 3.59. The second-order valence-corrected chi connectivity index (χ2v) is 6.49. The summed E-state index contributed by atoms with van der Waals surface area (Å²) in [6.45, 7) is 1.65. The fraction of sp³-hybridized carbons (Fsp3) is 0.130. The Balaban J connectivity index is 1.60.